The SMILES string of the molecule is CC(Cl)c1nc2cccnc2n1CCNS(C)(=O)=O. The van der Waals surface area contributed by atoms with Crippen LogP contribution in [0.1, 0.15) is 18.1 Å². The van der Waals surface area contributed by atoms with E-state index in [1.165, 1.54) is 0 Å². The fourth-order valence-electron chi connectivity index (χ4n) is 1.84. The maximum atomic E-state index is 11.1. The average molecular weight is 303 g/mol. The first-order valence-electron chi connectivity index (χ1n) is 5.78. The summed E-state index contributed by atoms with van der Waals surface area (Å²) in [6, 6.07) is 3.66. The van der Waals surface area contributed by atoms with Crippen LogP contribution in [0.3, 0.4) is 0 Å². The average Bonchev–Trinajstić information content (AvgIpc) is 2.67. The number of pyridine rings is 1. The Morgan fingerprint density at radius 2 is 2.26 bits per heavy atom. The number of imidazole rings is 1. The standard InChI is InChI=1S/C11H15ClN4O2S/c1-8(12)10-15-9-4-3-5-13-11(9)16(10)7-6-14-19(2,17)18/h3-5,8,14H,6-7H2,1-2H3. The number of hydrogen-bond acceptors (Lipinski definition) is 4. The molecule has 0 bridgehead atoms. The fraction of sp³-hybridized carbons (Fsp3) is 0.455. The zero-order chi connectivity index (χ0) is 14.0. The summed E-state index contributed by atoms with van der Waals surface area (Å²) in [4.78, 5) is 8.68. The van der Waals surface area contributed by atoms with Gasteiger partial charge in [-0.3, -0.25) is 0 Å². The summed E-state index contributed by atoms with van der Waals surface area (Å²) in [7, 11) is -3.20. The number of halogens is 1. The van der Waals surface area contributed by atoms with Crippen molar-refractivity contribution >= 4 is 32.8 Å². The maximum absolute atomic E-state index is 11.1. The van der Waals surface area contributed by atoms with E-state index in [2.05, 4.69) is 14.7 Å². The summed E-state index contributed by atoms with van der Waals surface area (Å²) in [6.45, 7) is 2.54. The molecule has 8 heteroatoms. The lowest BCUT2D eigenvalue weighted by molar-refractivity contribution is 0.576. The molecule has 1 N–H and O–H groups in total. The van der Waals surface area contributed by atoms with Gasteiger partial charge in [-0.25, -0.2) is 23.1 Å². The highest BCUT2D eigenvalue weighted by Crippen LogP contribution is 2.22. The predicted molar refractivity (Wildman–Crippen MR) is 74.6 cm³/mol. The molecule has 0 aliphatic carbocycles. The summed E-state index contributed by atoms with van der Waals surface area (Å²) in [6.07, 6.45) is 2.80. The molecule has 0 radical (unpaired) electrons. The van der Waals surface area contributed by atoms with Crippen molar-refractivity contribution < 1.29 is 8.42 Å². The highest BCUT2D eigenvalue weighted by atomic mass is 35.5. The van der Waals surface area contributed by atoms with Gasteiger partial charge in [0.05, 0.1) is 11.6 Å². The molecule has 0 saturated carbocycles. The van der Waals surface area contributed by atoms with Crippen molar-refractivity contribution in [2.75, 3.05) is 12.8 Å². The molecule has 0 aliphatic rings. The molecule has 1 atom stereocenters. The van der Waals surface area contributed by atoms with Crippen molar-refractivity contribution in [3.8, 4) is 0 Å². The molecule has 6 nitrogen and oxygen atoms in total. The van der Waals surface area contributed by atoms with Crippen molar-refractivity contribution in [2.24, 2.45) is 0 Å². The maximum Gasteiger partial charge on any atom is 0.208 e. The van der Waals surface area contributed by atoms with Gasteiger partial charge in [0, 0.05) is 19.3 Å². The Morgan fingerprint density at radius 1 is 1.53 bits per heavy atom. The highest BCUT2D eigenvalue weighted by molar-refractivity contribution is 7.88. The van der Waals surface area contributed by atoms with E-state index in [0.717, 1.165) is 11.8 Å². The van der Waals surface area contributed by atoms with E-state index in [1.54, 1.807) is 12.3 Å². The smallest absolute Gasteiger partial charge is 0.208 e. The van der Waals surface area contributed by atoms with Crippen molar-refractivity contribution in [3.63, 3.8) is 0 Å². The number of hydrogen-bond donors (Lipinski definition) is 1. The lowest BCUT2D eigenvalue weighted by atomic mass is 10.4. The Bertz CT molecular complexity index is 681. The second-order valence-electron chi connectivity index (χ2n) is 4.25. The van der Waals surface area contributed by atoms with Crippen LogP contribution in [0, 0.1) is 0 Å². The normalized spacial score (nSPS) is 13.8. The molecular weight excluding hydrogens is 288 g/mol. The number of nitrogens with one attached hydrogen (secondary N) is 1. The molecule has 2 aromatic rings. The van der Waals surface area contributed by atoms with Crippen LogP contribution in [-0.4, -0.2) is 35.8 Å². The van der Waals surface area contributed by atoms with Crippen molar-refractivity contribution in [1.82, 2.24) is 19.3 Å². The molecular formula is C11H15ClN4O2S. The third-order valence-electron chi connectivity index (χ3n) is 2.59. The molecule has 0 amide bonds. The second-order valence-corrected chi connectivity index (χ2v) is 6.74. The largest absolute Gasteiger partial charge is 0.310 e. The first-order valence-corrected chi connectivity index (χ1v) is 8.11. The molecule has 2 rings (SSSR count). The van der Waals surface area contributed by atoms with E-state index >= 15 is 0 Å². The first-order chi connectivity index (χ1) is 8.88. The molecule has 19 heavy (non-hydrogen) atoms. The number of sulfonamides is 1. The Morgan fingerprint density at radius 3 is 2.89 bits per heavy atom. The predicted octanol–water partition coefficient (Wildman–Crippen LogP) is 1.28. The van der Waals surface area contributed by atoms with Gasteiger partial charge in [-0.15, -0.1) is 11.6 Å². The number of rotatable bonds is 5. The van der Waals surface area contributed by atoms with Gasteiger partial charge < -0.3 is 4.57 Å². The molecule has 0 saturated heterocycles. The summed E-state index contributed by atoms with van der Waals surface area (Å²) in [5, 5.41) is -0.271. The lowest BCUT2D eigenvalue weighted by Crippen LogP contribution is -2.26. The van der Waals surface area contributed by atoms with Crippen LogP contribution in [0.5, 0.6) is 0 Å². The van der Waals surface area contributed by atoms with Gasteiger partial charge in [-0.2, -0.15) is 0 Å². The van der Waals surface area contributed by atoms with Crippen LogP contribution in [0.25, 0.3) is 11.2 Å². The van der Waals surface area contributed by atoms with Crippen LogP contribution >= 0.6 is 11.6 Å². The number of nitrogens with zero attached hydrogens (tertiary/aromatic N) is 3. The quantitative estimate of drug-likeness (QED) is 0.844. The Labute approximate surface area is 116 Å². The van der Waals surface area contributed by atoms with E-state index in [9.17, 15) is 8.42 Å². The third kappa shape index (κ3) is 3.43. The third-order valence-corrected chi connectivity index (χ3v) is 3.51. The van der Waals surface area contributed by atoms with Crippen LogP contribution < -0.4 is 4.72 Å². The first kappa shape index (κ1) is 14.2. The molecule has 1 unspecified atom stereocenters. The Kier molecular flexibility index (Phi) is 4.07. The molecule has 0 spiro atoms. The summed E-state index contributed by atoms with van der Waals surface area (Å²) in [5.41, 5.74) is 1.46. The second kappa shape index (κ2) is 5.44. The van der Waals surface area contributed by atoms with Crippen LogP contribution in [0.4, 0.5) is 0 Å². The van der Waals surface area contributed by atoms with Crippen LogP contribution in [0.2, 0.25) is 0 Å². The van der Waals surface area contributed by atoms with E-state index in [1.807, 2.05) is 17.6 Å². The van der Waals surface area contributed by atoms with Crippen LogP contribution in [-0.2, 0) is 16.6 Å². The fourth-order valence-corrected chi connectivity index (χ4v) is 2.47. The van der Waals surface area contributed by atoms with Gasteiger partial charge in [-0.1, -0.05) is 0 Å². The van der Waals surface area contributed by atoms with Gasteiger partial charge in [0.1, 0.15) is 11.3 Å². The topological polar surface area (TPSA) is 76.9 Å². The Balaban J connectivity index is 2.31. The lowest BCUT2D eigenvalue weighted by Gasteiger charge is -2.09. The summed E-state index contributed by atoms with van der Waals surface area (Å²) in [5.74, 6) is 0.686. The van der Waals surface area contributed by atoms with Gasteiger partial charge in [0.25, 0.3) is 0 Å². The van der Waals surface area contributed by atoms with Crippen molar-refractivity contribution in [1.29, 1.82) is 0 Å². The number of fused-ring (bicyclic) bond motifs is 1. The summed E-state index contributed by atoms with van der Waals surface area (Å²) >= 11 is 6.10. The number of aromatic nitrogens is 3. The molecule has 0 aliphatic heterocycles. The molecule has 0 fully saturated rings. The van der Waals surface area contributed by atoms with E-state index < -0.39 is 10.0 Å². The number of alkyl halides is 1. The van der Waals surface area contributed by atoms with Gasteiger partial charge >= 0.3 is 0 Å². The zero-order valence-electron chi connectivity index (χ0n) is 10.7. The van der Waals surface area contributed by atoms with E-state index in [-0.39, 0.29) is 11.9 Å². The highest BCUT2D eigenvalue weighted by Gasteiger charge is 2.15. The van der Waals surface area contributed by atoms with Crippen molar-refractivity contribution in [2.45, 2.75) is 18.8 Å². The molecule has 2 aromatic heterocycles. The zero-order valence-corrected chi connectivity index (χ0v) is 12.2. The van der Waals surface area contributed by atoms with Gasteiger partial charge in [-0.05, 0) is 19.1 Å². The van der Waals surface area contributed by atoms with Crippen molar-refractivity contribution in [3.05, 3.63) is 24.2 Å². The monoisotopic (exact) mass is 302 g/mol. The minimum atomic E-state index is -3.20. The Hall–Kier alpha value is -1.18. The molecule has 0 aromatic carbocycles. The minimum Gasteiger partial charge on any atom is -0.310 e. The summed E-state index contributed by atoms with van der Waals surface area (Å²) < 4.78 is 26.4. The molecule has 104 valence electrons. The molecule has 2 heterocycles. The van der Waals surface area contributed by atoms with Crippen LogP contribution in [0.15, 0.2) is 18.3 Å². The minimum absolute atomic E-state index is 0.271. The van der Waals surface area contributed by atoms with Gasteiger partial charge in [0.15, 0.2) is 5.65 Å². The van der Waals surface area contributed by atoms with Gasteiger partial charge in [0.2, 0.25) is 10.0 Å². The van der Waals surface area contributed by atoms with E-state index in [0.29, 0.717) is 18.0 Å². The van der Waals surface area contributed by atoms with E-state index in [4.69, 9.17) is 11.6 Å².